The molecule has 0 spiro atoms. The minimum absolute atomic E-state index is 0.0912. The monoisotopic (exact) mass is 334 g/mol. The molecule has 0 saturated carbocycles. The Balaban J connectivity index is 1.73. The second-order valence-electron chi connectivity index (χ2n) is 5.12. The van der Waals surface area contributed by atoms with E-state index in [1.807, 2.05) is 0 Å². The summed E-state index contributed by atoms with van der Waals surface area (Å²) in [5.74, 6) is -1.38. The number of nitrogens with zero attached hydrogens (tertiary/aromatic N) is 2. The van der Waals surface area contributed by atoms with Crippen LogP contribution in [0.15, 0.2) is 46.2 Å². The summed E-state index contributed by atoms with van der Waals surface area (Å²) >= 11 is 0. The SMILES string of the molecule is [2H]C1=C(C([2H])([2H])[2H])C([2H])C2=NC(C([2H])([2H])[2H])=C(C(=O)NC([2H])([2H])c3ccc4c(c3)C([2H])C([2H])O4)[N+]2=C1. The molecule has 3 aliphatic rings. The summed E-state index contributed by atoms with van der Waals surface area (Å²) in [7, 11) is 0. The van der Waals surface area contributed by atoms with Crippen molar-refractivity contribution in [2.24, 2.45) is 4.99 Å². The Morgan fingerprint density at radius 1 is 1.58 bits per heavy atom. The van der Waals surface area contributed by atoms with Crippen LogP contribution in [0.4, 0.5) is 0 Å². The van der Waals surface area contributed by atoms with Gasteiger partial charge in [-0.3, -0.25) is 4.79 Å². The Kier molecular flexibility index (Phi) is 1.60. The number of hydrogen-bond acceptors (Lipinski definition) is 3. The van der Waals surface area contributed by atoms with Crippen LogP contribution in [0.5, 0.6) is 5.75 Å². The summed E-state index contributed by atoms with van der Waals surface area (Å²) < 4.78 is 101. The maximum absolute atomic E-state index is 13.3. The second-order valence-corrected chi connectivity index (χ2v) is 5.12. The molecule has 1 N–H and O–H groups in total. The van der Waals surface area contributed by atoms with Gasteiger partial charge in [-0.05, 0) is 35.1 Å². The molecule has 0 fully saturated rings. The molecule has 3 aliphatic heterocycles. The summed E-state index contributed by atoms with van der Waals surface area (Å²) in [6.07, 6.45) is -1.97. The topological polar surface area (TPSA) is 53.7 Å². The van der Waals surface area contributed by atoms with Gasteiger partial charge in [0.05, 0.1) is 24.7 Å². The van der Waals surface area contributed by atoms with Gasteiger partial charge in [-0.1, -0.05) is 17.7 Å². The zero-order valence-electron chi connectivity index (χ0n) is 24.3. The number of aryl methyl sites for hydroxylation is 1. The maximum atomic E-state index is 13.3. The smallest absolute Gasteiger partial charge is 0.308 e. The maximum Gasteiger partial charge on any atom is 0.308 e. The molecule has 3 heterocycles. The van der Waals surface area contributed by atoms with Crippen molar-refractivity contribution in [2.45, 2.75) is 33.0 Å². The molecule has 0 radical (unpaired) electrons. The molecule has 0 aromatic heterocycles. The van der Waals surface area contributed by atoms with E-state index in [1.165, 1.54) is 18.2 Å². The van der Waals surface area contributed by atoms with Gasteiger partial charge in [-0.25, -0.2) is 0 Å². The number of aliphatic imine (C=N–C) groups is 1. The largest absolute Gasteiger partial charge is 0.493 e. The predicted molar refractivity (Wildman–Crippen MR) is 92.3 cm³/mol. The van der Waals surface area contributed by atoms with Gasteiger partial charge < -0.3 is 10.1 Å². The Morgan fingerprint density at radius 3 is 3.42 bits per heavy atom. The fourth-order valence-electron chi connectivity index (χ4n) is 2.44. The minimum Gasteiger partial charge on any atom is -0.493 e. The van der Waals surface area contributed by atoms with Crippen molar-refractivity contribution in [3.8, 4) is 5.75 Å². The number of amides is 1. The molecule has 3 atom stereocenters. The first-order valence-corrected chi connectivity index (χ1v) is 7.02. The third-order valence-electron chi connectivity index (χ3n) is 3.55. The molecule has 1 aromatic rings. The Hall–Kier alpha value is -2.69. The average Bonchev–Trinajstić information content (AvgIpc) is 3.24. The summed E-state index contributed by atoms with van der Waals surface area (Å²) in [4.78, 5) is 17.1. The van der Waals surface area contributed by atoms with E-state index in [2.05, 4.69) is 10.3 Å². The molecule has 1 amide bonds. The van der Waals surface area contributed by atoms with Crippen LogP contribution in [-0.2, 0) is 17.7 Å². The van der Waals surface area contributed by atoms with Crippen LogP contribution in [0.25, 0.3) is 0 Å². The van der Waals surface area contributed by atoms with Crippen LogP contribution in [0, 0.1) is 0 Å². The number of ether oxygens (including phenoxy) is 1. The van der Waals surface area contributed by atoms with E-state index in [1.54, 1.807) is 0 Å². The lowest BCUT2D eigenvalue weighted by molar-refractivity contribution is -0.337. The van der Waals surface area contributed by atoms with Crippen LogP contribution in [-0.4, -0.2) is 29.1 Å². The standard InChI is InChI=1S/C19H19N3O2/c1-12-5-7-22-17(9-12)21-13(2)18(22)19(23)20-11-14-3-4-16-15(10-14)6-8-24-16/h3-5,7,10H,6,8-9,11H2,1-2H3/p+1/i1D3,2D3,5D,6D,8D,9D,11D2. The van der Waals surface area contributed by atoms with Crippen LogP contribution in [0.1, 0.15) is 47.7 Å². The average molecular weight is 334 g/mol. The molecule has 24 heavy (non-hydrogen) atoms. The highest BCUT2D eigenvalue weighted by molar-refractivity contribution is 5.99. The van der Waals surface area contributed by atoms with Crippen LogP contribution in [0.2, 0.25) is 0 Å². The zero-order chi connectivity index (χ0) is 27.0. The predicted octanol–water partition coefficient (Wildman–Crippen LogP) is 2.31. The summed E-state index contributed by atoms with van der Waals surface area (Å²) in [5, 5.41) is 2.09. The van der Waals surface area contributed by atoms with E-state index in [9.17, 15) is 4.79 Å². The Morgan fingerprint density at radius 2 is 2.54 bits per heavy atom. The molecule has 4 rings (SSSR count). The van der Waals surface area contributed by atoms with Gasteiger partial charge in [0, 0.05) is 30.7 Å². The number of rotatable bonds is 3. The van der Waals surface area contributed by atoms with E-state index in [4.69, 9.17) is 21.2 Å². The van der Waals surface area contributed by atoms with Gasteiger partial charge in [0.2, 0.25) is 11.4 Å². The van der Waals surface area contributed by atoms with Gasteiger partial charge in [-0.15, -0.1) is 0 Å². The number of allylic oxidation sites excluding steroid dienone is 2. The number of benzene rings is 1. The van der Waals surface area contributed by atoms with Gasteiger partial charge in [0.25, 0.3) is 5.91 Å². The molecule has 0 saturated heterocycles. The fourth-order valence-corrected chi connectivity index (χ4v) is 2.44. The molecule has 3 unspecified atom stereocenters. The van der Waals surface area contributed by atoms with Gasteiger partial charge >= 0.3 is 5.84 Å². The highest BCUT2D eigenvalue weighted by Gasteiger charge is 2.36. The first kappa shape index (κ1) is 6.67. The number of hydrogen-bond donors (Lipinski definition) is 1. The molecule has 5 nitrogen and oxygen atoms in total. The number of fused-ring (bicyclic) bond motifs is 2. The van der Waals surface area contributed by atoms with Crippen molar-refractivity contribution in [1.82, 2.24) is 5.32 Å². The van der Waals surface area contributed by atoms with E-state index >= 15 is 0 Å². The highest BCUT2D eigenvalue weighted by Crippen LogP contribution is 2.26. The van der Waals surface area contributed by atoms with Gasteiger partial charge in [0.15, 0.2) is 0 Å². The summed E-state index contributed by atoms with van der Waals surface area (Å²) in [6, 6.07) is 3.32. The molecular weight excluding hydrogens is 302 g/mol. The third kappa shape index (κ3) is 2.56. The lowest BCUT2D eigenvalue weighted by Gasteiger charge is -2.10. The van der Waals surface area contributed by atoms with E-state index in [0.717, 1.165) is 10.8 Å². The third-order valence-corrected chi connectivity index (χ3v) is 3.55. The van der Waals surface area contributed by atoms with Crippen molar-refractivity contribution in [1.29, 1.82) is 0 Å². The van der Waals surface area contributed by atoms with E-state index in [0.29, 0.717) is 0 Å². The van der Waals surface area contributed by atoms with Crippen LogP contribution in [0.3, 0.4) is 0 Å². The Labute approximate surface area is 157 Å². The highest BCUT2D eigenvalue weighted by atomic mass is 16.5. The summed E-state index contributed by atoms with van der Waals surface area (Å²) in [6.45, 7) is -9.58. The van der Waals surface area contributed by atoms with Gasteiger partial charge in [0.1, 0.15) is 5.75 Å². The van der Waals surface area contributed by atoms with Crippen molar-refractivity contribution < 1.29 is 30.6 Å². The normalized spacial score (nSPS) is 36.9. The molecule has 0 bridgehead atoms. The van der Waals surface area contributed by atoms with E-state index < -0.39 is 74.3 Å². The van der Waals surface area contributed by atoms with Crippen molar-refractivity contribution >= 4 is 18.0 Å². The first-order chi connectivity index (χ1) is 16.4. The molecule has 1 aromatic carbocycles. The van der Waals surface area contributed by atoms with Gasteiger partial charge in [-0.2, -0.15) is 4.58 Å². The van der Waals surface area contributed by atoms with Crippen LogP contribution < -0.4 is 10.1 Å². The van der Waals surface area contributed by atoms with Crippen molar-refractivity contribution in [3.63, 3.8) is 0 Å². The van der Waals surface area contributed by atoms with E-state index in [-0.39, 0.29) is 16.9 Å². The minimum atomic E-state index is -2.98. The fraction of sp³-hybridized carbons (Fsp3) is 0.316. The lowest BCUT2D eigenvalue weighted by atomic mass is 10.1. The van der Waals surface area contributed by atoms with Crippen molar-refractivity contribution in [2.75, 3.05) is 6.58 Å². The number of nitrogens with one attached hydrogen (secondary N) is 1. The second kappa shape index (κ2) is 5.74. The molecule has 122 valence electrons. The summed E-state index contributed by atoms with van der Waals surface area (Å²) in [5.41, 5.74) is -1.86. The lowest BCUT2D eigenvalue weighted by Crippen LogP contribution is -2.32. The number of carbonyl (C=O) groups is 1. The Bertz CT molecular complexity index is 1280. The van der Waals surface area contributed by atoms with Crippen molar-refractivity contribution in [3.05, 3.63) is 52.3 Å². The first-order valence-electron chi connectivity index (χ1n) is 13.3. The molecule has 0 aliphatic carbocycles. The molecular formula is C19H20N3O2+. The number of carbonyl (C=O) groups excluding carboxylic acids is 1. The number of amidine groups is 1. The zero-order valence-corrected chi connectivity index (χ0v) is 12.3. The van der Waals surface area contributed by atoms with Crippen LogP contribution >= 0.6 is 0 Å². The quantitative estimate of drug-likeness (QED) is 0.863. The molecule has 5 heteroatoms.